The molecule has 14 heteroatoms. The predicted octanol–water partition coefficient (Wildman–Crippen LogP) is 6.32. The van der Waals surface area contributed by atoms with Gasteiger partial charge in [-0.05, 0) is 43.0 Å². The SMILES string of the molecule is CC(=O)Nc1nc2c(Oc3cc(-c4ccc(C(F)(F)F)cc4NCC4CCN(C(=O)O)CC4)ncn3)cccc2s1. The van der Waals surface area contributed by atoms with Crippen LogP contribution in [0.25, 0.3) is 21.5 Å². The molecule has 4 aromatic rings. The van der Waals surface area contributed by atoms with Gasteiger partial charge >= 0.3 is 12.3 Å². The van der Waals surface area contributed by atoms with E-state index in [1.807, 2.05) is 6.07 Å². The first kappa shape index (κ1) is 28.1. The van der Waals surface area contributed by atoms with Crippen molar-refractivity contribution in [3.8, 4) is 22.9 Å². The molecule has 0 spiro atoms. The van der Waals surface area contributed by atoms with Gasteiger partial charge in [0.05, 0.1) is 16.0 Å². The van der Waals surface area contributed by atoms with E-state index in [9.17, 15) is 22.8 Å². The zero-order chi connectivity index (χ0) is 29.1. The number of amides is 2. The van der Waals surface area contributed by atoms with E-state index < -0.39 is 17.8 Å². The molecule has 0 aliphatic carbocycles. The number of likely N-dealkylation sites (tertiary alicyclic amines) is 1. The normalized spacial score (nSPS) is 14.2. The minimum atomic E-state index is -4.54. The number of fused-ring (bicyclic) bond motifs is 1. The summed E-state index contributed by atoms with van der Waals surface area (Å²) in [5.74, 6) is 0.388. The summed E-state index contributed by atoms with van der Waals surface area (Å²) in [6.07, 6.45) is -3.05. The maximum atomic E-state index is 13.6. The molecule has 41 heavy (non-hydrogen) atoms. The highest BCUT2D eigenvalue weighted by Gasteiger charge is 2.31. The van der Waals surface area contributed by atoms with Gasteiger partial charge in [0.2, 0.25) is 11.8 Å². The fourth-order valence-electron chi connectivity index (χ4n) is 4.54. The molecule has 1 fully saturated rings. The first-order valence-electron chi connectivity index (χ1n) is 12.7. The molecule has 10 nitrogen and oxygen atoms in total. The first-order chi connectivity index (χ1) is 19.6. The van der Waals surface area contributed by atoms with Crippen molar-refractivity contribution in [2.24, 2.45) is 5.92 Å². The Kier molecular flexibility index (Phi) is 7.92. The zero-order valence-electron chi connectivity index (χ0n) is 21.7. The number of carbonyl (C=O) groups excluding carboxylic acids is 1. The Morgan fingerprint density at radius 1 is 1.15 bits per heavy atom. The number of anilines is 2. The zero-order valence-corrected chi connectivity index (χ0v) is 22.6. The van der Waals surface area contributed by atoms with Crippen molar-refractivity contribution < 1.29 is 32.6 Å². The van der Waals surface area contributed by atoms with Crippen LogP contribution in [0, 0.1) is 5.92 Å². The molecule has 0 atom stereocenters. The number of hydrogen-bond donors (Lipinski definition) is 3. The van der Waals surface area contributed by atoms with Gasteiger partial charge in [-0.2, -0.15) is 13.2 Å². The van der Waals surface area contributed by atoms with Crippen LogP contribution in [0.15, 0.2) is 48.8 Å². The van der Waals surface area contributed by atoms with E-state index >= 15 is 0 Å². The van der Waals surface area contributed by atoms with E-state index in [2.05, 4.69) is 25.6 Å². The number of para-hydroxylation sites is 1. The van der Waals surface area contributed by atoms with Crippen molar-refractivity contribution in [3.05, 3.63) is 54.4 Å². The van der Waals surface area contributed by atoms with Crippen LogP contribution in [-0.2, 0) is 11.0 Å². The molecule has 2 amide bonds. The van der Waals surface area contributed by atoms with Gasteiger partial charge in [0.25, 0.3) is 0 Å². The van der Waals surface area contributed by atoms with E-state index in [1.54, 1.807) is 12.1 Å². The molecule has 0 bridgehead atoms. The summed E-state index contributed by atoms with van der Waals surface area (Å²) >= 11 is 1.29. The third-order valence-electron chi connectivity index (χ3n) is 6.61. The number of ether oxygens (including phenoxy) is 1. The molecule has 1 saturated heterocycles. The second-order valence-corrected chi connectivity index (χ2v) is 10.5. The van der Waals surface area contributed by atoms with Crippen molar-refractivity contribution >= 4 is 44.4 Å². The number of rotatable bonds is 7. The maximum Gasteiger partial charge on any atom is 0.416 e. The van der Waals surface area contributed by atoms with E-state index in [0.29, 0.717) is 60.1 Å². The number of carbonyl (C=O) groups is 2. The van der Waals surface area contributed by atoms with Gasteiger partial charge in [0.15, 0.2) is 10.9 Å². The van der Waals surface area contributed by atoms with Gasteiger partial charge in [-0.1, -0.05) is 23.5 Å². The molecule has 0 unspecified atom stereocenters. The molecule has 1 aliphatic rings. The average molecular weight is 587 g/mol. The summed E-state index contributed by atoms with van der Waals surface area (Å²) < 4.78 is 47.5. The van der Waals surface area contributed by atoms with Crippen LogP contribution in [0.3, 0.4) is 0 Å². The molecule has 2 aromatic carbocycles. The topological polar surface area (TPSA) is 130 Å². The van der Waals surface area contributed by atoms with Gasteiger partial charge in [-0.15, -0.1) is 0 Å². The van der Waals surface area contributed by atoms with E-state index in [4.69, 9.17) is 9.84 Å². The monoisotopic (exact) mass is 586 g/mol. The Hall–Kier alpha value is -4.46. The Labute approximate surface area is 236 Å². The summed E-state index contributed by atoms with van der Waals surface area (Å²) in [4.78, 5) is 36.8. The second kappa shape index (κ2) is 11.6. The summed E-state index contributed by atoms with van der Waals surface area (Å²) in [5.41, 5.74) is 0.725. The third-order valence-corrected chi connectivity index (χ3v) is 7.55. The molecule has 0 saturated carbocycles. The number of nitrogens with zero attached hydrogens (tertiary/aromatic N) is 4. The van der Waals surface area contributed by atoms with Gasteiger partial charge in [-0.25, -0.2) is 19.7 Å². The highest BCUT2D eigenvalue weighted by atomic mass is 32.1. The summed E-state index contributed by atoms with van der Waals surface area (Å²) in [5, 5.41) is 15.4. The minimum Gasteiger partial charge on any atom is -0.465 e. The van der Waals surface area contributed by atoms with Crippen LogP contribution in [0.2, 0.25) is 0 Å². The maximum absolute atomic E-state index is 13.6. The third kappa shape index (κ3) is 6.65. The number of piperidine rings is 1. The number of thiazole rings is 1. The van der Waals surface area contributed by atoms with Gasteiger partial charge < -0.3 is 25.4 Å². The highest BCUT2D eigenvalue weighted by molar-refractivity contribution is 7.22. The lowest BCUT2D eigenvalue weighted by atomic mass is 9.96. The molecular weight excluding hydrogens is 561 g/mol. The van der Waals surface area contributed by atoms with Crippen molar-refractivity contribution in [2.45, 2.75) is 25.9 Å². The number of alkyl halides is 3. The van der Waals surface area contributed by atoms with Crippen molar-refractivity contribution in [1.29, 1.82) is 0 Å². The highest BCUT2D eigenvalue weighted by Crippen LogP contribution is 2.38. The Bertz CT molecular complexity index is 1590. The van der Waals surface area contributed by atoms with Crippen molar-refractivity contribution in [2.75, 3.05) is 30.3 Å². The molecule has 214 valence electrons. The van der Waals surface area contributed by atoms with Crippen LogP contribution >= 0.6 is 11.3 Å². The van der Waals surface area contributed by atoms with E-state index in [1.165, 1.54) is 41.6 Å². The van der Waals surface area contributed by atoms with Crippen molar-refractivity contribution in [3.63, 3.8) is 0 Å². The lowest BCUT2D eigenvalue weighted by Crippen LogP contribution is -2.39. The van der Waals surface area contributed by atoms with E-state index in [-0.39, 0.29) is 23.4 Å². The van der Waals surface area contributed by atoms with Gasteiger partial charge in [0.1, 0.15) is 11.8 Å². The number of benzene rings is 2. The van der Waals surface area contributed by atoms with Crippen LogP contribution in [0.4, 0.5) is 28.8 Å². The minimum absolute atomic E-state index is 0.0956. The Morgan fingerprint density at radius 2 is 1.93 bits per heavy atom. The predicted molar refractivity (Wildman–Crippen MR) is 147 cm³/mol. The van der Waals surface area contributed by atoms with Crippen LogP contribution in [0.5, 0.6) is 11.6 Å². The number of nitrogens with one attached hydrogen (secondary N) is 2. The fourth-order valence-corrected chi connectivity index (χ4v) is 5.47. The quantitative estimate of drug-likeness (QED) is 0.229. The molecule has 1 aliphatic heterocycles. The molecule has 5 rings (SSSR count). The molecule has 3 N–H and O–H groups in total. The van der Waals surface area contributed by atoms with E-state index in [0.717, 1.165) is 16.8 Å². The van der Waals surface area contributed by atoms with Gasteiger partial charge in [-0.3, -0.25) is 4.79 Å². The summed E-state index contributed by atoms with van der Waals surface area (Å²) in [7, 11) is 0. The second-order valence-electron chi connectivity index (χ2n) is 9.50. The summed E-state index contributed by atoms with van der Waals surface area (Å²) in [6.45, 7) is 2.51. The molecular formula is C27H25F3N6O4S. The molecule has 2 aromatic heterocycles. The first-order valence-corrected chi connectivity index (χ1v) is 13.5. The molecule has 3 heterocycles. The number of halogens is 3. The van der Waals surface area contributed by atoms with Crippen molar-refractivity contribution in [1.82, 2.24) is 19.9 Å². The summed E-state index contributed by atoms with van der Waals surface area (Å²) in [6, 6.07) is 10.2. The molecule has 0 radical (unpaired) electrons. The Morgan fingerprint density at radius 3 is 2.63 bits per heavy atom. The largest absolute Gasteiger partial charge is 0.465 e. The number of carboxylic acid groups (broad SMARTS) is 1. The fraction of sp³-hybridized carbons (Fsp3) is 0.296. The Balaban J connectivity index is 1.40. The smallest absolute Gasteiger partial charge is 0.416 e. The van der Waals surface area contributed by atoms with Gasteiger partial charge in [0, 0.05) is 43.9 Å². The van der Waals surface area contributed by atoms with Crippen LogP contribution < -0.4 is 15.4 Å². The standard InChI is InChI=1S/C27H25F3N6O4S/c1-15(37)34-25-35-24-21(3-2-4-22(24)41-25)40-23-12-20(32-14-33-23)18-6-5-17(27(28,29)30)11-19(18)31-13-16-7-9-36(10-8-16)26(38)39/h2-6,11-12,14,16,31H,7-10,13H2,1H3,(H,38,39)(H,34,35,37). The van der Waals surface area contributed by atoms with Crippen LogP contribution in [-0.4, -0.2) is 56.6 Å². The lowest BCUT2D eigenvalue weighted by Gasteiger charge is -2.30. The van der Waals surface area contributed by atoms with Crippen LogP contribution in [0.1, 0.15) is 25.3 Å². The number of hydrogen-bond acceptors (Lipinski definition) is 8. The number of aromatic nitrogens is 3. The lowest BCUT2D eigenvalue weighted by molar-refractivity contribution is -0.137. The average Bonchev–Trinajstić information content (AvgIpc) is 3.34.